The lowest BCUT2D eigenvalue weighted by Crippen LogP contribution is -2.20. The predicted molar refractivity (Wildman–Crippen MR) is 86.4 cm³/mol. The number of aromatic hydroxyl groups is 2. The van der Waals surface area contributed by atoms with Crippen LogP contribution in [0.15, 0.2) is 41.3 Å². The monoisotopic (exact) mass is 301 g/mol. The first kappa shape index (κ1) is 14.3. The molecule has 0 radical (unpaired) electrons. The maximum Gasteiger partial charge on any atom is 0.157 e. The topological polar surface area (TPSA) is 52.5 Å². The van der Waals surface area contributed by atoms with Crippen molar-refractivity contribution in [2.45, 2.75) is 17.2 Å². The lowest BCUT2D eigenvalue weighted by atomic mass is 9.88. The van der Waals surface area contributed by atoms with Crippen molar-refractivity contribution in [1.82, 2.24) is 5.32 Å². The van der Waals surface area contributed by atoms with Gasteiger partial charge in [-0.25, -0.2) is 0 Å². The zero-order valence-corrected chi connectivity index (χ0v) is 12.8. The van der Waals surface area contributed by atoms with E-state index in [1.807, 2.05) is 0 Å². The Morgan fingerprint density at radius 2 is 1.81 bits per heavy atom. The van der Waals surface area contributed by atoms with E-state index < -0.39 is 0 Å². The fourth-order valence-electron chi connectivity index (χ4n) is 2.89. The van der Waals surface area contributed by atoms with Crippen molar-refractivity contribution in [2.75, 3.05) is 19.3 Å². The maximum atomic E-state index is 9.84. The first-order chi connectivity index (χ1) is 10.2. The molecule has 1 aliphatic heterocycles. The summed E-state index contributed by atoms with van der Waals surface area (Å²) in [6.07, 6.45) is 2.93. The van der Waals surface area contributed by atoms with Gasteiger partial charge < -0.3 is 15.5 Å². The number of fused-ring (bicyclic) bond motifs is 1. The van der Waals surface area contributed by atoms with Crippen LogP contribution in [0.3, 0.4) is 0 Å². The van der Waals surface area contributed by atoms with E-state index in [1.54, 1.807) is 23.9 Å². The van der Waals surface area contributed by atoms with E-state index in [0.29, 0.717) is 0 Å². The molecular formula is C17H19NO2S. The van der Waals surface area contributed by atoms with E-state index in [2.05, 4.69) is 35.8 Å². The summed E-state index contributed by atoms with van der Waals surface area (Å²) in [5, 5.41) is 23.0. The molecule has 1 unspecified atom stereocenters. The summed E-state index contributed by atoms with van der Waals surface area (Å²) in [4.78, 5) is 1.24. The lowest BCUT2D eigenvalue weighted by Gasteiger charge is -2.19. The average Bonchev–Trinajstić information content (AvgIpc) is 2.70. The molecule has 2 aromatic rings. The third-order valence-electron chi connectivity index (χ3n) is 4.05. The average molecular weight is 301 g/mol. The molecule has 0 saturated heterocycles. The van der Waals surface area contributed by atoms with E-state index in [1.165, 1.54) is 10.5 Å². The largest absolute Gasteiger partial charge is 0.504 e. The Labute approximate surface area is 129 Å². The van der Waals surface area contributed by atoms with Gasteiger partial charge in [-0.05, 0) is 60.2 Å². The van der Waals surface area contributed by atoms with Crippen molar-refractivity contribution in [3.05, 3.63) is 53.1 Å². The number of phenols is 2. The molecule has 1 atom stereocenters. The first-order valence-electron chi connectivity index (χ1n) is 7.08. The minimum atomic E-state index is -0.0404. The molecule has 0 amide bonds. The highest BCUT2D eigenvalue weighted by atomic mass is 32.2. The Hall–Kier alpha value is -1.65. The molecule has 4 heteroatoms. The van der Waals surface area contributed by atoms with Gasteiger partial charge in [-0.3, -0.25) is 0 Å². The van der Waals surface area contributed by atoms with Gasteiger partial charge >= 0.3 is 0 Å². The van der Waals surface area contributed by atoms with E-state index in [4.69, 9.17) is 0 Å². The molecule has 0 aromatic heterocycles. The molecule has 110 valence electrons. The number of benzene rings is 2. The SMILES string of the molecule is CSc1ccc(C2CNCCc3cc(O)c(O)cc32)cc1. The Balaban J connectivity index is 2.04. The Bertz CT molecular complexity index is 640. The van der Waals surface area contributed by atoms with Crippen LogP contribution in [0.25, 0.3) is 0 Å². The van der Waals surface area contributed by atoms with Gasteiger partial charge in [-0.15, -0.1) is 11.8 Å². The number of hydrogen-bond donors (Lipinski definition) is 3. The van der Waals surface area contributed by atoms with Crippen LogP contribution in [0.5, 0.6) is 11.5 Å². The van der Waals surface area contributed by atoms with Gasteiger partial charge in [0.2, 0.25) is 0 Å². The molecular weight excluding hydrogens is 282 g/mol. The molecule has 3 N–H and O–H groups in total. The smallest absolute Gasteiger partial charge is 0.157 e. The highest BCUT2D eigenvalue weighted by Gasteiger charge is 2.22. The second-order valence-electron chi connectivity index (χ2n) is 5.32. The van der Waals surface area contributed by atoms with Gasteiger partial charge in [-0.2, -0.15) is 0 Å². The predicted octanol–water partition coefficient (Wildman–Crippen LogP) is 3.10. The third kappa shape index (κ3) is 2.87. The molecule has 0 bridgehead atoms. The molecule has 21 heavy (non-hydrogen) atoms. The molecule has 3 nitrogen and oxygen atoms in total. The summed E-state index contributed by atoms with van der Waals surface area (Å²) >= 11 is 1.73. The number of phenolic OH excluding ortho intramolecular Hbond substituents is 2. The van der Waals surface area contributed by atoms with E-state index in [9.17, 15) is 10.2 Å². The molecule has 1 aliphatic rings. The first-order valence-corrected chi connectivity index (χ1v) is 8.31. The van der Waals surface area contributed by atoms with Gasteiger partial charge in [-0.1, -0.05) is 12.1 Å². The summed E-state index contributed by atoms with van der Waals surface area (Å²) < 4.78 is 0. The van der Waals surface area contributed by atoms with E-state index in [-0.39, 0.29) is 17.4 Å². The summed E-state index contributed by atoms with van der Waals surface area (Å²) in [5.74, 6) is 0.124. The molecule has 3 rings (SSSR count). The van der Waals surface area contributed by atoms with Gasteiger partial charge in [0.25, 0.3) is 0 Å². The van der Waals surface area contributed by atoms with Crippen LogP contribution < -0.4 is 5.32 Å². The van der Waals surface area contributed by atoms with Crippen LogP contribution in [-0.2, 0) is 6.42 Å². The molecule has 0 saturated carbocycles. The third-order valence-corrected chi connectivity index (χ3v) is 4.79. The van der Waals surface area contributed by atoms with Crippen molar-refractivity contribution in [3.8, 4) is 11.5 Å². The van der Waals surface area contributed by atoms with E-state index >= 15 is 0 Å². The molecule has 0 fully saturated rings. The standard InChI is InChI=1S/C17H19NO2S/c1-21-13-4-2-11(3-5-13)15-10-18-7-6-12-8-16(19)17(20)9-14(12)15/h2-5,8-9,15,18-20H,6-7,10H2,1H3. The van der Waals surface area contributed by atoms with Crippen molar-refractivity contribution < 1.29 is 10.2 Å². The van der Waals surface area contributed by atoms with Gasteiger partial charge in [0.05, 0.1) is 0 Å². The number of thioether (sulfide) groups is 1. The summed E-state index contributed by atoms with van der Waals surface area (Å²) in [6, 6.07) is 12.0. The Morgan fingerprint density at radius 1 is 1.10 bits per heavy atom. The molecule has 0 spiro atoms. The Morgan fingerprint density at radius 3 is 2.52 bits per heavy atom. The fraction of sp³-hybridized carbons (Fsp3) is 0.294. The second kappa shape index (κ2) is 6.00. The zero-order valence-electron chi connectivity index (χ0n) is 12.0. The second-order valence-corrected chi connectivity index (χ2v) is 6.20. The minimum Gasteiger partial charge on any atom is -0.504 e. The van der Waals surface area contributed by atoms with Crippen LogP contribution in [0.1, 0.15) is 22.6 Å². The molecule has 0 aliphatic carbocycles. The van der Waals surface area contributed by atoms with Crippen LogP contribution in [-0.4, -0.2) is 29.6 Å². The fourth-order valence-corrected chi connectivity index (χ4v) is 3.30. The van der Waals surface area contributed by atoms with Crippen molar-refractivity contribution >= 4 is 11.8 Å². The van der Waals surface area contributed by atoms with Crippen molar-refractivity contribution in [3.63, 3.8) is 0 Å². The number of hydrogen-bond acceptors (Lipinski definition) is 4. The van der Waals surface area contributed by atoms with Crippen molar-refractivity contribution in [1.29, 1.82) is 0 Å². The molecule has 2 aromatic carbocycles. The van der Waals surface area contributed by atoms with Crippen LogP contribution in [0.4, 0.5) is 0 Å². The summed E-state index contributed by atoms with van der Waals surface area (Å²) in [5.41, 5.74) is 3.44. The molecule has 1 heterocycles. The van der Waals surface area contributed by atoms with Crippen LogP contribution >= 0.6 is 11.8 Å². The Kier molecular flexibility index (Phi) is 4.08. The number of nitrogens with one attached hydrogen (secondary N) is 1. The minimum absolute atomic E-state index is 0.0351. The van der Waals surface area contributed by atoms with Crippen molar-refractivity contribution in [2.24, 2.45) is 0 Å². The van der Waals surface area contributed by atoms with E-state index in [0.717, 1.165) is 30.6 Å². The quantitative estimate of drug-likeness (QED) is 0.589. The van der Waals surface area contributed by atoms with Crippen LogP contribution in [0.2, 0.25) is 0 Å². The highest BCUT2D eigenvalue weighted by Crippen LogP contribution is 2.36. The normalized spacial score (nSPS) is 18.0. The number of rotatable bonds is 2. The highest BCUT2D eigenvalue weighted by molar-refractivity contribution is 7.98. The van der Waals surface area contributed by atoms with Gasteiger partial charge in [0.15, 0.2) is 11.5 Å². The lowest BCUT2D eigenvalue weighted by molar-refractivity contribution is 0.402. The summed E-state index contributed by atoms with van der Waals surface area (Å²) in [7, 11) is 0. The van der Waals surface area contributed by atoms with Gasteiger partial charge in [0, 0.05) is 17.4 Å². The maximum absolute atomic E-state index is 9.84. The van der Waals surface area contributed by atoms with Gasteiger partial charge in [0.1, 0.15) is 0 Å². The van der Waals surface area contributed by atoms with Crippen LogP contribution in [0, 0.1) is 0 Å². The zero-order chi connectivity index (χ0) is 14.8. The summed E-state index contributed by atoms with van der Waals surface area (Å²) in [6.45, 7) is 1.73.